The van der Waals surface area contributed by atoms with Crippen molar-refractivity contribution in [1.82, 2.24) is 9.55 Å². The Kier molecular flexibility index (Phi) is 7.16. The van der Waals surface area contributed by atoms with Gasteiger partial charge < -0.3 is 9.47 Å². The molecule has 0 radical (unpaired) electrons. The summed E-state index contributed by atoms with van der Waals surface area (Å²) in [4.78, 5) is 30.0. The van der Waals surface area contributed by atoms with Crippen molar-refractivity contribution in [2.45, 2.75) is 59.0 Å². The Morgan fingerprint density at radius 1 is 1.24 bits per heavy atom. The number of esters is 1. The van der Waals surface area contributed by atoms with E-state index >= 15 is 0 Å². The number of benzene rings is 1. The van der Waals surface area contributed by atoms with E-state index in [0.717, 1.165) is 11.1 Å². The van der Waals surface area contributed by atoms with E-state index < -0.39 is 23.6 Å². The van der Waals surface area contributed by atoms with E-state index in [1.165, 1.54) is 10.8 Å². The topological polar surface area (TPSA) is 94.2 Å². The zero-order chi connectivity index (χ0) is 21.6. The molecule has 0 aliphatic heterocycles. The van der Waals surface area contributed by atoms with E-state index in [1.54, 1.807) is 27.7 Å². The largest absolute Gasteiger partial charge is 0.465 e. The molecule has 1 aromatic carbocycles. The highest BCUT2D eigenvalue weighted by Gasteiger charge is 2.31. The van der Waals surface area contributed by atoms with Gasteiger partial charge in [0.15, 0.2) is 0 Å². The van der Waals surface area contributed by atoms with Crippen LogP contribution >= 0.6 is 0 Å². The number of hydrogen-bond donors (Lipinski definition) is 0. The van der Waals surface area contributed by atoms with Crippen LogP contribution < -0.4 is 0 Å². The van der Waals surface area contributed by atoms with Gasteiger partial charge in [-0.2, -0.15) is 5.26 Å². The number of ether oxygens (including phenoxy) is 2. The summed E-state index contributed by atoms with van der Waals surface area (Å²) in [6.45, 7) is 9.19. The summed E-state index contributed by atoms with van der Waals surface area (Å²) in [5, 5.41) is 9.00. The summed E-state index contributed by atoms with van der Waals surface area (Å²) < 4.78 is 12.1. The summed E-state index contributed by atoms with van der Waals surface area (Å²) in [5.41, 5.74) is 1.41. The lowest BCUT2D eigenvalue weighted by atomic mass is 10.00. The Morgan fingerprint density at radius 3 is 2.45 bits per heavy atom. The Labute approximate surface area is 171 Å². The van der Waals surface area contributed by atoms with Gasteiger partial charge in [-0.3, -0.25) is 4.79 Å². The van der Waals surface area contributed by atoms with Gasteiger partial charge in [0.1, 0.15) is 17.3 Å². The first-order chi connectivity index (χ1) is 13.7. The highest BCUT2D eigenvalue weighted by Crippen LogP contribution is 2.29. The van der Waals surface area contributed by atoms with Crippen LogP contribution in [0.1, 0.15) is 57.7 Å². The molecule has 1 atom stereocenters. The molecule has 7 heteroatoms. The van der Waals surface area contributed by atoms with E-state index in [0.29, 0.717) is 11.5 Å². The van der Waals surface area contributed by atoms with Crippen molar-refractivity contribution in [3.63, 3.8) is 0 Å². The van der Waals surface area contributed by atoms with Gasteiger partial charge in [0.05, 0.1) is 24.6 Å². The Bertz CT molecular complexity index is 902. The van der Waals surface area contributed by atoms with E-state index in [2.05, 4.69) is 4.98 Å². The number of nitrogens with zero attached hydrogens (tertiary/aromatic N) is 3. The molecule has 0 spiro atoms. The normalized spacial score (nSPS) is 12.1. The zero-order valence-corrected chi connectivity index (χ0v) is 17.6. The summed E-state index contributed by atoms with van der Waals surface area (Å²) >= 11 is 0. The highest BCUT2D eigenvalue weighted by atomic mass is 16.6. The van der Waals surface area contributed by atoms with Crippen LogP contribution in [0.5, 0.6) is 0 Å². The first kappa shape index (κ1) is 22.2. The van der Waals surface area contributed by atoms with Crippen molar-refractivity contribution < 1.29 is 19.1 Å². The minimum absolute atomic E-state index is 0.142. The number of imidazole rings is 1. The van der Waals surface area contributed by atoms with Crippen LogP contribution in [0.15, 0.2) is 30.5 Å². The van der Waals surface area contributed by atoms with Crippen LogP contribution in [0.25, 0.3) is 11.4 Å². The lowest BCUT2D eigenvalue weighted by Gasteiger charge is -2.23. The number of carbonyl (C=O) groups excluding carboxylic acids is 2. The van der Waals surface area contributed by atoms with Crippen molar-refractivity contribution in [2.75, 3.05) is 6.61 Å². The van der Waals surface area contributed by atoms with Crippen LogP contribution in [0, 0.1) is 18.3 Å². The molecule has 1 aromatic heterocycles. The van der Waals surface area contributed by atoms with Gasteiger partial charge in [0.2, 0.25) is 0 Å². The molecule has 154 valence electrons. The van der Waals surface area contributed by atoms with Crippen molar-refractivity contribution >= 4 is 12.1 Å². The monoisotopic (exact) mass is 397 g/mol. The Hall–Kier alpha value is -3.14. The van der Waals surface area contributed by atoms with Crippen LogP contribution in [-0.2, 0) is 14.3 Å². The second-order valence-electron chi connectivity index (χ2n) is 7.69. The molecule has 7 nitrogen and oxygen atoms in total. The molecule has 1 heterocycles. The zero-order valence-electron chi connectivity index (χ0n) is 17.6. The van der Waals surface area contributed by atoms with Crippen molar-refractivity contribution in [2.24, 2.45) is 0 Å². The van der Waals surface area contributed by atoms with Gasteiger partial charge >= 0.3 is 12.1 Å². The first-order valence-electron chi connectivity index (χ1n) is 9.59. The molecule has 0 fully saturated rings. The molecule has 0 saturated carbocycles. The van der Waals surface area contributed by atoms with E-state index in [1.807, 2.05) is 37.3 Å². The smallest absolute Gasteiger partial charge is 0.420 e. The predicted octanol–water partition coefficient (Wildman–Crippen LogP) is 4.59. The molecule has 2 aromatic rings. The van der Waals surface area contributed by atoms with Gasteiger partial charge in [-0.25, -0.2) is 14.3 Å². The third-order valence-electron chi connectivity index (χ3n) is 4.15. The predicted molar refractivity (Wildman–Crippen MR) is 108 cm³/mol. The van der Waals surface area contributed by atoms with Gasteiger partial charge in [0.25, 0.3) is 0 Å². The molecule has 2 rings (SSSR count). The quantitative estimate of drug-likeness (QED) is 0.662. The van der Waals surface area contributed by atoms with Gasteiger partial charge in [0, 0.05) is 12.0 Å². The summed E-state index contributed by atoms with van der Waals surface area (Å²) in [5.74, 6) is -0.919. The molecule has 0 N–H and O–H groups in total. The maximum absolute atomic E-state index is 13.0. The standard InChI is InChI=1S/C22H27N3O4/c1-6-28-20(26)17(8-7-13-23)18-14-24-19(16-11-9-15(2)10-12-16)25(18)21(27)29-22(3,4)5/h9-12,14,17H,6-8H2,1-5H3. The van der Waals surface area contributed by atoms with Crippen LogP contribution in [0.2, 0.25) is 0 Å². The molecule has 0 aliphatic carbocycles. The van der Waals surface area contributed by atoms with Gasteiger partial charge in [-0.15, -0.1) is 0 Å². The number of aromatic nitrogens is 2. The lowest BCUT2D eigenvalue weighted by molar-refractivity contribution is -0.145. The molecule has 0 aliphatic rings. The van der Waals surface area contributed by atoms with Crippen LogP contribution in [0.4, 0.5) is 4.79 Å². The number of rotatable bonds is 6. The maximum atomic E-state index is 13.0. The molecular formula is C22H27N3O4. The highest BCUT2D eigenvalue weighted by molar-refractivity contribution is 5.83. The summed E-state index contributed by atoms with van der Waals surface area (Å²) in [7, 11) is 0. The Balaban J connectivity index is 2.60. The number of aryl methyl sites for hydroxylation is 1. The number of nitriles is 1. The minimum Gasteiger partial charge on any atom is -0.465 e. The Morgan fingerprint density at radius 2 is 1.90 bits per heavy atom. The molecular weight excluding hydrogens is 370 g/mol. The fourth-order valence-corrected chi connectivity index (χ4v) is 2.85. The summed E-state index contributed by atoms with van der Waals surface area (Å²) in [6.07, 6.45) is 1.21. The average Bonchev–Trinajstić information content (AvgIpc) is 3.06. The van der Waals surface area contributed by atoms with Gasteiger partial charge in [-0.1, -0.05) is 29.8 Å². The molecule has 0 saturated heterocycles. The molecule has 29 heavy (non-hydrogen) atoms. The van der Waals surface area contributed by atoms with Crippen molar-refractivity contribution in [1.29, 1.82) is 5.26 Å². The van der Waals surface area contributed by atoms with Crippen molar-refractivity contribution in [3.8, 4) is 17.5 Å². The maximum Gasteiger partial charge on any atom is 0.420 e. The SMILES string of the molecule is CCOC(=O)C(CCC#N)c1cnc(-c2ccc(C)cc2)n1C(=O)OC(C)(C)C. The van der Waals surface area contributed by atoms with Crippen LogP contribution in [-0.4, -0.2) is 33.8 Å². The van der Waals surface area contributed by atoms with E-state index in [-0.39, 0.29) is 19.4 Å². The lowest BCUT2D eigenvalue weighted by Crippen LogP contribution is -2.30. The fraction of sp³-hybridized carbons (Fsp3) is 0.455. The minimum atomic E-state index is -0.797. The fourth-order valence-electron chi connectivity index (χ4n) is 2.85. The second kappa shape index (κ2) is 9.37. The summed E-state index contributed by atoms with van der Waals surface area (Å²) in [6, 6.07) is 9.60. The number of hydrogen-bond acceptors (Lipinski definition) is 6. The van der Waals surface area contributed by atoms with E-state index in [4.69, 9.17) is 14.7 Å². The van der Waals surface area contributed by atoms with Crippen LogP contribution in [0.3, 0.4) is 0 Å². The molecule has 1 unspecified atom stereocenters. The molecule has 0 bridgehead atoms. The van der Waals surface area contributed by atoms with Crippen molar-refractivity contribution in [3.05, 3.63) is 41.7 Å². The number of carbonyl (C=O) groups is 2. The molecule has 0 amide bonds. The first-order valence-corrected chi connectivity index (χ1v) is 9.59. The third kappa shape index (κ3) is 5.67. The van der Waals surface area contributed by atoms with E-state index in [9.17, 15) is 9.59 Å². The third-order valence-corrected chi connectivity index (χ3v) is 4.15. The average molecular weight is 397 g/mol. The second-order valence-corrected chi connectivity index (χ2v) is 7.69. The van der Waals surface area contributed by atoms with Gasteiger partial charge in [-0.05, 0) is 41.0 Å².